The van der Waals surface area contributed by atoms with Crippen molar-refractivity contribution in [3.8, 4) is 11.1 Å². The Bertz CT molecular complexity index is 1290. The monoisotopic (exact) mass is 465 g/mol. The van der Waals surface area contributed by atoms with Crippen LogP contribution in [-0.2, 0) is 12.8 Å². The molecule has 0 spiro atoms. The summed E-state index contributed by atoms with van der Waals surface area (Å²) in [5.74, 6) is 1.75. The van der Waals surface area contributed by atoms with E-state index < -0.39 is 5.60 Å². The number of fused-ring (bicyclic) bond motifs is 5. The van der Waals surface area contributed by atoms with E-state index in [-0.39, 0.29) is 5.41 Å². The van der Waals surface area contributed by atoms with Gasteiger partial charge in [-0.1, -0.05) is 55.0 Å². The summed E-state index contributed by atoms with van der Waals surface area (Å²) in [6, 6.07) is 18.7. The summed E-state index contributed by atoms with van der Waals surface area (Å²) < 4.78 is 1.05. The second kappa shape index (κ2) is 8.21. The highest BCUT2D eigenvalue weighted by molar-refractivity contribution is 5.62. The van der Waals surface area contributed by atoms with Gasteiger partial charge in [0.25, 0.3) is 0 Å². The van der Waals surface area contributed by atoms with Crippen molar-refractivity contribution in [2.24, 2.45) is 17.3 Å². The molecule has 3 aliphatic carbocycles. The lowest BCUT2D eigenvalue weighted by molar-refractivity contribution is -0.904. The molecule has 2 saturated carbocycles. The standard InChI is InChI=1S/C31H33N2O2/c1-30-15-11-27-26-10-8-25(32-2)19-24(26)7-9-28(27)29(30)12-16-31(30,34)20-21-3-5-22(6-4-21)23-13-17-33(35)18-14-23/h3-6,8,10,13-14,17-19,27-29,34-35H,7,9,11-12,15-16,20H2,1H3/q+1/t27?,28?,29?,30-,31+/m0/s1. The van der Waals surface area contributed by atoms with Crippen LogP contribution in [0.25, 0.3) is 16.0 Å². The summed E-state index contributed by atoms with van der Waals surface area (Å²) in [6.45, 7) is 9.71. The van der Waals surface area contributed by atoms with E-state index in [0.717, 1.165) is 53.6 Å². The fourth-order valence-corrected chi connectivity index (χ4v) is 7.80. The van der Waals surface area contributed by atoms with Gasteiger partial charge >= 0.3 is 0 Å². The molecule has 2 fully saturated rings. The van der Waals surface area contributed by atoms with Crippen LogP contribution in [0.5, 0.6) is 0 Å². The third kappa shape index (κ3) is 3.56. The molecule has 0 radical (unpaired) electrons. The van der Waals surface area contributed by atoms with Gasteiger partial charge in [0.2, 0.25) is 12.4 Å². The minimum absolute atomic E-state index is 0.0605. The Hall–Kier alpha value is -3.16. The van der Waals surface area contributed by atoms with Crippen LogP contribution < -0.4 is 4.73 Å². The number of pyridine rings is 1. The van der Waals surface area contributed by atoms with Crippen LogP contribution in [0.1, 0.15) is 61.6 Å². The van der Waals surface area contributed by atoms with E-state index in [4.69, 9.17) is 6.57 Å². The number of aliphatic hydroxyl groups is 1. The molecule has 2 aromatic carbocycles. The molecule has 0 amide bonds. The summed E-state index contributed by atoms with van der Waals surface area (Å²) in [4.78, 5) is 3.64. The van der Waals surface area contributed by atoms with Gasteiger partial charge in [0.05, 0.1) is 12.2 Å². The first kappa shape index (κ1) is 22.3. The maximum atomic E-state index is 12.1. The van der Waals surface area contributed by atoms with E-state index in [2.05, 4.69) is 48.2 Å². The number of benzene rings is 2. The molecule has 5 atom stereocenters. The Labute approximate surface area is 207 Å². The van der Waals surface area contributed by atoms with E-state index in [9.17, 15) is 10.3 Å². The normalized spacial score (nSPS) is 31.2. The van der Waals surface area contributed by atoms with E-state index >= 15 is 0 Å². The predicted octanol–water partition coefficient (Wildman–Crippen LogP) is 6.26. The zero-order chi connectivity index (χ0) is 24.2. The third-order valence-corrected chi connectivity index (χ3v) is 9.76. The number of hydrogen-bond donors (Lipinski definition) is 2. The average molecular weight is 466 g/mol. The summed E-state index contributed by atoms with van der Waals surface area (Å²) in [6.07, 6.45) is 10.4. The highest BCUT2D eigenvalue weighted by Crippen LogP contribution is 2.64. The van der Waals surface area contributed by atoms with Gasteiger partial charge in [-0.15, -0.1) is 0 Å². The first-order valence-corrected chi connectivity index (χ1v) is 12.9. The Kier molecular flexibility index (Phi) is 5.23. The fourth-order valence-electron chi connectivity index (χ4n) is 7.80. The molecule has 1 aromatic heterocycles. The molecule has 1 heterocycles. The van der Waals surface area contributed by atoms with Crippen LogP contribution in [0.15, 0.2) is 67.0 Å². The third-order valence-electron chi connectivity index (χ3n) is 9.76. The highest BCUT2D eigenvalue weighted by atomic mass is 16.5. The molecule has 178 valence electrons. The molecule has 0 bridgehead atoms. The maximum absolute atomic E-state index is 12.1. The molecular formula is C31H33N2O2+. The lowest BCUT2D eigenvalue weighted by Crippen LogP contribution is -2.51. The predicted molar refractivity (Wildman–Crippen MR) is 135 cm³/mol. The van der Waals surface area contributed by atoms with Crippen LogP contribution in [0.3, 0.4) is 0 Å². The molecule has 4 nitrogen and oxygen atoms in total. The average Bonchev–Trinajstić information content (AvgIpc) is 3.14. The lowest BCUT2D eigenvalue weighted by Gasteiger charge is -2.53. The van der Waals surface area contributed by atoms with E-state index in [0.29, 0.717) is 24.2 Å². The molecule has 6 rings (SSSR count). The first-order valence-electron chi connectivity index (χ1n) is 12.9. The van der Waals surface area contributed by atoms with Gasteiger partial charge in [0.1, 0.15) is 0 Å². The Balaban J connectivity index is 1.22. The molecule has 3 aromatic rings. The minimum atomic E-state index is -0.673. The van der Waals surface area contributed by atoms with E-state index in [1.165, 1.54) is 23.1 Å². The van der Waals surface area contributed by atoms with Crippen LogP contribution >= 0.6 is 0 Å². The summed E-state index contributed by atoms with van der Waals surface area (Å²) in [5.41, 5.74) is 6.23. The largest absolute Gasteiger partial charge is 0.389 e. The van der Waals surface area contributed by atoms with Gasteiger partial charge < -0.3 is 5.11 Å². The quantitative estimate of drug-likeness (QED) is 0.272. The van der Waals surface area contributed by atoms with E-state index in [1.54, 1.807) is 12.4 Å². The van der Waals surface area contributed by atoms with Crippen molar-refractivity contribution in [3.05, 3.63) is 95.1 Å². The van der Waals surface area contributed by atoms with Crippen molar-refractivity contribution in [1.82, 2.24) is 0 Å². The molecule has 0 aliphatic heterocycles. The Morgan fingerprint density at radius 1 is 0.971 bits per heavy atom. The fraction of sp³-hybridized carbons (Fsp3) is 0.419. The Morgan fingerprint density at radius 3 is 2.46 bits per heavy atom. The van der Waals surface area contributed by atoms with Gasteiger partial charge in [-0.25, -0.2) is 4.85 Å². The molecule has 3 aliphatic rings. The van der Waals surface area contributed by atoms with E-state index in [1.807, 2.05) is 18.2 Å². The number of rotatable bonds is 3. The first-order chi connectivity index (χ1) is 16.9. The molecule has 3 unspecified atom stereocenters. The summed E-state index contributed by atoms with van der Waals surface area (Å²) in [7, 11) is 0. The van der Waals surface area contributed by atoms with Crippen molar-refractivity contribution in [3.63, 3.8) is 0 Å². The minimum Gasteiger partial charge on any atom is -0.389 e. The zero-order valence-corrected chi connectivity index (χ0v) is 20.3. The molecule has 2 N–H and O–H groups in total. The van der Waals surface area contributed by atoms with Crippen LogP contribution in [0, 0.1) is 23.8 Å². The number of aromatic nitrogens is 1. The molecule has 0 saturated heterocycles. The highest BCUT2D eigenvalue weighted by Gasteiger charge is 2.61. The summed E-state index contributed by atoms with van der Waals surface area (Å²) in [5, 5.41) is 21.6. The molecule has 35 heavy (non-hydrogen) atoms. The van der Waals surface area contributed by atoms with Gasteiger partial charge in [0, 0.05) is 23.3 Å². The number of hydrogen-bond acceptors (Lipinski definition) is 2. The van der Waals surface area contributed by atoms with Crippen molar-refractivity contribution in [2.75, 3.05) is 0 Å². The maximum Gasteiger partial charge on any atom is 0.222 e. The SMILES string of the molecule is [C-]#[N+]c1ccc2c(c1)CCC1C2CC[C@@]2(C)C1CC[C@@]2(O)Cc1ccc(-c2cc[n+](O)cc2)cc1. The van der Waals surface area contributed by atoms with Crippen molar-refractivity contribution < 1.29 is 15.0 Å². The second-order valence-corrected chi connectivity index (χ2v) is 11.3. The van der Waals surface area contributed by atoms with Crippen LogP contribution in [-0.4, -0.2) is 15.9 Å². The number of aryl methyl sites for hydroxylation is 1. The van der Waals surface area contributed by atoms with Crippen LogP contribution in [0.2, 0.25) is 0 Å². The Morgan fingerprint density at radius 2 is 1.71 bits per heavy atom. The zero-order valence-electron chi connectivity index (χ0n) is 20.3. The van der Waals surface area contributed by atoms with Gasteiger partial charge in [0.15, 0.2) is 5.69 Å². The number of nitrogens with zero attached hydrogens (tertiary/aromatic N) is 2. The molecule has 4 heteroatoms. The van der Waals surface area contributed by atoms with Crippen molar-refractivity contribution in [1.29, 1.82) is 0 Å². The van der Waals surface area contributed by atoms with Gasteiger partial charge in [-0.3, -0.25) is 5.21 Å². The van der Waals surface area contributed by atoms with Gasteiger partial charge in [-0.2, -0.15) is 0 Å². The summed E-state index contributed by atoms with van der Waals surface area (Å²) >= 11 is 0. The van der Waals surface area contributed by atoms with Gasteiger partial charge in [-0.05, 0) is 83.9 Å². The van der Waals surface area contributed by atoms with Crippen molar-refractivity contribution in [2.45, 2.75) is 63.4 Å². The van der Waals surface area contributed by atoms with Crippen LogP contribution in [0.4, 0.5) is 5.69 Å². The smallest absolute Gasteiger partial charge is 0.222 e. The topological polar surface area (TPSA) is 48.7 Å². The molecular weight excluding hydrogens is 432 g/mol. The van der Waals surface area contributed by atoms with Crippen molar-refractivity contribution >= 4 is 5.69 Å². The lowest BCUT2D eigenvalue weighted by atomic mass is 9.53. The second-order valence-electron chi connectivity index (χ2n) is 11.3.